The maximum absolute atomic E-state index is 12.4. The third-order valence-corrected chi connectivity index (χ3v) is 6.13. The molecule has 4 rings (SSSR count). The van der Waals surface area contributed by atoms with Crippen molar-refractivity contribution in [1.82, 2.24) is 16.0 Å². The van der Waals surface area contributed by atoms with Gasteiger partial charge in [0.05, 0.1) is 10.9 Å². The van der Waals surface area contributed by atoms with Gasteiger partial charge in [0.25, 0.3) is 5.91 Å². The second-order valence-corrected chi connectivity index (χ2v) is 9.38. The van der Waals surface area contributed by atoms with E-state index in [-0.39, 0.29) is 23.7 Å². The molecule has 0 spiro atoms. The molecule has 1 aromatic carbocycles. The van der Waals surface area contributed by atoms with Crippen LogP contribution in [0, 0.1) is 0 Å². The molecule has 0 saturated carbocycles. The smallest absolute Gasteiger partial charge is 0.263 e. The third kappa shape index (κ3) is 4.71. The average molecular weight is 409 g/mol. The minimum Gasteiger partial charge on any atom is -0.381 e. The van der Waals surface area contributed by atoms with Gasteiger partial charge >= 0.3 is 0 Å². The number of rotatable bonds is 7. The summed E-state index contributed by atoms with van der Waals surface area (Å²) in [4.78, 5) is 13.1. The van der Waals surface area contributed by atoms with Crippen molar-refractivity contribution >= 4 is 17.2 Å². The third-order valence-electron chi connectivity index (χ3n) is 5.26. The maximum Gasteiger partial charge on any atom is 0.263 e. The summed E-state index contributed by atoms with van der Waals surface area (Å²) in [6.07, 6.45) is 4.79. The molecule has 0 saturated heterocycles. The zero-order chi connectivity index (χ0) is 20.4. The molecule has 2 atom stereocenters. The summed E-state index contributed by atoms with van der Waals surface area (Å²) in [5, 5.41) is 12.1. The Bertz CT molecular complexity index is 926. The number of amides is 1. The fourth-order valence-electron chi connectivity index (χ4n) is 3.86. The van der Waals surface area contributed by atoms with Crippen LogP contribution in [-0.4, -0.2) is 17.6 Å². The van der Waals surface area contributed by atoms with Gasteiger partial charge in [0.15, 0.2) is 0 Å². The van der Waals surface area contributed by atoms with E-state index in [1.807, 2.05) is 23.6 Å². The fraction of sp³-hybridized carbons (Fsp3) is 0.348. The molecule has 2 heterocycles. The highest BCUT2D eigenvalue weighted by atomic mass is 32.1. The zero-order valence-electron chi connectivity index (χ0n) is 16.9. The zero-order valence-corrected chi connectivity index (χ0v) is 17.7. The lowest BCUT2D eigenvalue weighted by Crippen LogP contribution is -2.54. The Morgan fingerprint density at radius 2 is 2.03 bits per heavy atom. The van der Waals surface area contributed by atoms with Crippen LogP contribution in [0.15, 0.2) is 70.9 Å². The SMILES string of the molecule is CC(C)(N)CC(NC1=CC2=C(CC1)NC2NC(=O)c1cccs1)c1ccccc1. The summed E-state index contributed by atoms with van der Waals surface area (Å²) in [5.41, 5.74) is 10.9. The minimum absolute atomic E-state index is 0.0374. The standard InChI is InChI=1S/C23H28N4OS/c1-23(2,24)14-19(15-7-4-3-5-8-15)25-16-10-11-18-17(13-16)21(26-18)27-22(28)20-9-6-12-29-20/h3-9,12-13,19,21,25-26H,10-11,14,24H2,1-2H3,(H,27,28). The van der Waals surface area contributed by atoms with Crippen molar-refractivity contribution in [3.63, 3.8) is 0 Å². The van der Waals surface area contributed by atoms with E-state index in [0.29, 0.717) is 0 Å². The molecule has 6 heteroatoms. The van der Waals surface area contributed by atoms with Crippen LogP contribution in [0.2, 0.25) is 0 Å². The summed E-state index contributed by atoms with van der Waals surface area (Å²) in [6, 6.07) is 14.3. The van der Waals surface area contributed by atoms with Crippen molar-refractivity contribution in [2.24, 2.45) is 5.73 Å². The Balaban J connectivity index is 1.47. The number of thiophene rings is 1. The molecule has 1 aliphatic heterocycles. The number of allylic oxidation sites excluding steroid dienone is 2. The normalized spacial score (nSPS) is 19.4. The van der Waals surface area contributed by atoms with Crippen molar-refractivity contribution in [2.75, 3.05) is 0 Å². The second-order valence-electron chi connectivity index (χ2n) is 8.43. The maximum atomic E-state index is 12.4. The number of carbonyl (C=O) groups excluding carboxylic acids is 1. The molecule has 0 radical (unpaired) electrons. The van der Waals surface area contributed by atoms with E-state index in [0.717, 1.165) is 24.1 Å². The Kier molecular flexibility index (Phi) is 5.48. The summed E-state index contributed by atoms with van der Waals surface area (Å²) in [6.45, 7) is 4.12. The Morgan fingerprint density at radius 3 is 2.72 bits per heavy atom. The van der Waals surface area contributed by atoms with Crippen LogP contribution >= 0.6 is 11.3 Å². The molecular formula is C23H28N4OS. The first-order valence-corrected chi connectivity index (χ1v) is 10.9. The van der Waals surface area contributed by atoms with Gasteiger partial charge in [0.2, 0.25) is 0 Å². The van der Waals surface area contributed by atoms with Crippen LogP contribution in [0.5, 0.6) is 0 Å². The topological polar surface area (TPSA) is 79.2 Å². The number of nitrogens with one attached hydrogen (secondary N) is 3. The highest BCUT2D eigenvalue weighted by Crippen LogP contribution is 2.32. The van der Waals surface area contributed by atoms with Gasteiger partial charge < -0.3 is 21.7 Å². The summed E-state index contributed by atoms with van der Waals surface area (Å²) in [5.74, 6) is -0.0374. The summed E-state index contributed by atoms with van der Waals surface area (Å²) < 4.78 is 0. The van der Waals surface area contributed by atoms with Crippen molar-refractivity contribution in [1.29, 1.82) is 0 Å². The van der Waals surface area contributed by atoms with E-state index in [4.69, 9.17) is 5.73 Å². The molecule has 5 nitrogen and oxygen atoms in total. The number of hydrogen-bond donors (Lipinski definition) is 4. The lowest BCUT2D eigenvalue weighted by atomic mass is 9.89. The molecule has 1 amide bonds. The monoisotopic (exact) mass is 408 g/mol. The van der Waals surface area contributed by atoms with Crippen molar-refractivity contribution in [3.8, 4) is 0 Å². The molecule has 152 valence electrons. The molecule has 2 aromatic rings. The van der Waals surface area contributed by atoms with Gasteiger partial charge in [-0.3, -0.25) is 4.79 Å². The Hall–Kier alpha value is -2.57. The number of hydrogen-bond acceptors (Lipinski definition) is 5. The van der Waals surface area contributed by atoms with Crippen molar-refractivity contribution in [2.45, 2.75) is 50.9 Å². The Labute approximate surface area is 176 Å². The molecule has 29 heavy (non-hydrogen) atoms. The summed E-state index contributed by atoms with van der Waals surface area (Å²) in [7, 11) is 0. The van der Waals surface area contributed by atoms with Crippen molar-refractivity contribution < 1.29 is 4.79 Å². The van der Waals surface area contributed by atoms with Gasteiger partial charge in [-0.15, -0.1) is 11.3 Å². The van der Waals surface area contributed by atoms with E-state index in [1.165, 1.54) is 33.9 Å². The molecule has 2 aliphatic rings. The first-order valence-electron chi connectivity index (χ1n) is 10.0. The first kappa shape index (κ1) is 19.7. The van der Waals surface area contributed by atoms with Crippen LogP contribution < -0.4 is 21.7 Å². The Morgan fingerprint density at radius 1 is 1.24 bits per heavy atom. The molecule has 2 unspecified atom stereocenters. The number of carbonyl (C=O) groups is 1. The number of benzene rings is 1. The van der Waals surface area contributed by atoms with Crippen LogP contribution in [0.1, 0.15) is 54.4 Å². The van der Waals surface area contributed by atoms with Gasteiger partial charge in [-0.2, -0.15) is 0 Å². The van der Waals surface area contributed by atoms with Gasteiger partial charge in [-0.05, 0) is 56.2 Å². The van der Waals surface area contributed by atoms with Crippen LogP contribution in [0.4, 0.5) is 0 Å². The molecule has 0 fully saturated rings. The highest BCUT2D eigenvalue weighted by Gasteiger charge is 2.32. The van der Waals surface area contributed by atoms with E-state index < -0.39 is 0 Å². The quantitative estimate of drug-likeness (QED) is 0.562. The molecule has 0 bridgehead atoms. The average Bonchev–Trinajstić information content (AvgIpc) is 3.21. The lowest BCUT2D eigenvalue weighted by molar-refractivity contribution is 0.0937. The first-order chi connectivity index (χ1) is 13.9. The van der Waals surface area contributed by atoms with Crippen LogP contribution in [-0.2, 0) is 0 Å². The lowest BCUT2D eigenvalue weighted by Gasteiger charge is -2.39. The molecule has 1 aromatic heterocycles. The van der Waals surface area contributed by atoms with Crippen LogP contribution in [0.3, 0.4) is 0 Å². The summed E-state index contributed by atoms with van der Waals surface area (Å²) >= 11 is 1.45. The van der Waals surface area contributed by atoms with E-state index in [9.17, 15) is 4.79 Å². The predicted molar refractivity (Wildman–Crippen MR) is 118 cm³/mol. The minimum atomic E-state index is -0.275. The largest absolute Gasteiger partial charge is 0.381 e. The second kappa shape index (κ2) is 8.05. The van der Waals surface area contributed by atoms with Gasteiger partial charge in [-0.1, -0.05) is 36.4 Å². The van der Waals surface area contributed by atoms with E-state index >= 15 is 0 Å². The van der Waals surface area contributed by atoms with Crippen LogP contribution in [0.25, 0.3) is 0 Å². The number of nitrogens with two attached hydrogens (primary N) is 1. The molecule has 1 aliphatic carbocycles. The van der Waals surface area contributed by atoms with Gasteiger partial charge in [0, 0.05) is 22.5 Å². The van der Waals surface area contributed by atoms with E-state index in [1.54, 1.807) is 0 Å². The molecular weight excluding hydrogens is 380 g/mol. The fourth-order valence-corrected chi connectivity index (χ4v) is 4.49. The molecule has 5 N–H and O–H groups in total. The van der Waals surface area contributed by atoms with Crippen molar-refractivity contribution in [3.05, 3.63) is 81.3 Å². The van der Waals surface area contributed by atoms with Gasteiger partial charge in [-0.25, -0.2) is 0 Å². The highest BCUT2D eigenvalue weighted by molar-refractivity contribution is 7.12. The predicted octanol–water partition coefficient (Wildman–Crippen LogP) is 3.80. The van der Waals surface area contributed by atoms with Gasteiger partial charge in [0.1, 0.15) is 6.17 Å². The van der Waals surface area contributed by atoms with E-state index in [2.05, 4.69) is 60.1 Å².